The molecule has 0 fully saturated rings. The first-order valence-electron chi connectivity index (χ1n) is 9.68. The maximum absolute atomic E-state index is 12.3. The van der Waals surface area contributed by atoms with Crippen molar-refractivity contribution in [2.75, 3.05) is 16.4 Å². The number of thiazole rings is 1. The topological polar surface area (TPSA) is 71.1 Å². The number of carbonyl (C=O) groups is 2. The van der Waals surface area contributed by atoms with Gasteiger partial charge in [-0.25, -0.2) is 4.98 Å². The first-order chi connectivity index (χ1) is 14.9. The highest BCUT2D eigenvalue weighted by atomic mass is 35.5. The average molecular weight is 494 g/mol. The Kier molecular flexibility index (Phi) is 8.78. The fraction of sp³-hybridized carbons (Fsp3) is 0.227. The molecular weight excluding hydrogens is 473 g/mol. The van der Waals surface area contributed by atoms with Gasteiger partial charge in [-0.15, -0.1) is 23.1 Å². The fourth-order valence-electron chi connectivity index (χ4n) is 2.65. The number of carbonyl (C=O) groups excluding carboxylic acids is 2. The van der Waals surface area contributed by atoms with Crippen LogP contribution >= 0.6 is 46.3 Å². The maximum atomic E-state index is 12.3. The molecule has 162 valence electrons. The Morgan fingerprint density at radius 3 is 2.55 bits per heavy atom. The summed E-state index contributed by atoms with van der Waals surface area (Å²) in [6, 6.07) is 12.7. The van der Waals surface area contributed by atoms with Gasteiger partial charge in [0.2, 0.25) is 11.8 Å². The molecule has 0 saturated heterocycles. The number of nitrogens with zero attached hydrogens (tertiary/aromatic N) is 1. The molecule has 3 aromatic rings. The lowest BCUT2D eigenvalue weighted by Gasteiger charge is -2.06. The summed E-state index contributed by atoms with van der Waals surface area (Å²) >= 11 is 14.9. The lowest BCUT2D eigenvalue weighted by molar-refractivity contribution is -0.116. The molecule has 0 radical (unpaired) electrons. The number of nitrogens with one attached hydrogen (secondary N) is 2. The third kappa shape index (κ3) is 7.25. The first-order valence-corrected chi connectivity index (χ1v) is 12.3. The summed E-state index contributed by atoms with van der Waals surface area (Å²) in [5.74, 6) is 0.119. The van der Waals surface area contributed by atoms with Crippen LogP contribution in [-0.2, 0) is 9.59 Å². The lowest BCUT2D eigenvalue weighted by atomic mass is 10.2. The van der Waals surface area contributed by atoms with E-state index >= 15 is 0 Å². The van der Waals surface area contributed by atoms with E-state index in [1.807, 2.05) is 29.6 Å². The van der Waals surface area contributed by atoms with Crippen LogP contribution in [0.15, 0.2) is 52.7 Å². The highest BCUT2D eigenvalue weighted by molar-refractivity contribution is 8.00. The van der Waals surface area contributed by atoms with Crippen molar-refractivity contribution >= 4 is 68.9 Å². The number of halogens is 2. The van der Waals surface area contributed by atoms with Gasteiger partial charge in [0.1, 0.15) is 0 Å². The van der Waals surface area contributed by atoms with Crippen LogP contribution < -0.4 is 10.6 Å². The molecule has 0 aliphatic heterocycles. The molecule has 5 nitrogen and oxygen atoms in total. The smallest absolute Gasteiger partial charge is 0.236 e. The van der Waals surface area contributed by atoms with E-state index in [1.165, 1.54) is 23.1 Å². The van der Waals surface area contributed by atoms with E-state index in [1.54, 1.807) is 18.2 Å². The zero-order valence-corrected chi connectivity index (χ0v) is 19.9. The molecule has 0 aliphatic carbocycles. The molecule has 0 aliphatic rings. The van der Waals surface area contributed by atoms with Crippen molar-refractivity contribution in [3.8, 4) is 11.3 Å². The second kappa shape index (κ2) is 11.5. The molecule has 1 aromatic heterocycles. The largest absolute Gasteiger partial charge is 0.326 e. The Bertz CT molecular complexity index is 1060. The standard InChI is InChI=1S/C22H21Cl2N3O2S2/c1-2-3-4-20(28)25-15-6-8-16(9-7-15)30-13-21(29)27-22-26-19(12-31-22)17-10-5-14(23)11-18(17)24/h5-12H,2-4,13H2,1H3,(H,25,28)(H,26,27,29). The number of hydrogen-bond donors (Lipinski definition) is 2. The fourth-order valence-corrected chi connectivity index (χ4v) is 4.58. The van der Waals surface area contributed by atoms with Gasteiger partial charge < -0.3 is 10.6 Å². The molecule has 2 amide bonds. The van der Waals surface area contributed by atoms with E-state index < -0.39 is 0 Å². The molecule has 9 heteroatoms. The van der Waals surface area contributed by atoms with Gasteiger partial charge in [-0.3, -0.25) is 9.59 Å². The van der Waals surface area contributed by atoms with E-state index in [2.05, 4.69) is 22.5 Å². The summed E-state index contributed by atoms with van der Waals surface area (Å²) in [5.41, 5.74) is 2.20. The minimum absolute atomic E-state index is 0.0179. The van der Waals surface area contributed by atoms with Crippen molar-refractivity contribution in [2.45, 2.75) is 31.1 Å². The third-order valence-corrected chi connectivity index (χ3v) is 6.54. The number of benzene rings is 2. The maximum Gasteiger partial charge on any atom is 0.236 e. The quantitative estimate of drug-likeness (QED) is 0.315. The average Bonchev–Trinajstić information content (AvgIpc) is 3.19. The van der Waals surface area contributed by atoms with Gasteiger partial charge in [0, 0.05) is 33.0 Å². The Morgan fingerprint density at radius 2 is 1.84 bits per heavy atom. The summed E-state index contributed by atoms with van der Waals surface area (Å²) in [6.07, 6.45) is 2.39. The number of anilines is 2. The van der Waals surface area contributed by atoms with Crippen LogP contribution in [0.5, 0.6) is 0 Å². The molecule has 3 rings (SSSR count). The predicted octanol–water partition coefficient (Wildman–Crippen LogP) is 6.98. The van der Waals surface area contributed by atoms with Gasteiger partial charge in [-0.1, -0.05) is 36.5 Å². The lowest BCUT2D eigenvalue weighted by Crippen LogP contribution is -2.13. The highest BCUT2D eigenvalue weighted by Gasteiger charge is 2.11. The van der Waals surface area contributed by atoms with Gasteiger partial charge in [-0.05, 0) is 48.9 Å². The van der Waals surface area contributed by atoms with Crippen molar-refractivity contribution in [1.82, 2.24) is 4.98 Å². The summed E-state index contributed by atoms with van der Waals surface area (Å²) < 4.78 is 0. The minimum Gasteiger partial charge on any atom is -0.326 e. The van der Waals surface area contributed by atoms with Crippen molar-refractivity contribution in [1.29, 1.82) is 0 Å². The molecule has 0 unspecified atom stereocenters. The number of hydrogen-bond acceptors (Lipinski definition) is 5. The second-order valence-corrected chi connectivity index (χ2v) is 9.43. The van der Waals surface area contributed by atoms with Gasteiger partial charge in [0.15, 0.2) is 5.13 Å². The van der Waals surface area contributed by atoms with E-state index in [0.29, 0.717) is 27.3 Å². The van der Waals surface area contributed by atoms with Crippen LogP contribution in [0.25, 0.3) is 11.3 Å². The summed E-state index contributed by atoms with van der Waals surface area (Å²) in [5, 5.41) is 9.10. The highest BCUT2D eigenvalue weighted by Crippen LogP contribution is 2.32. The molecule has 2 aromatic carbocycles. The van der Waals surface area contributed by atoms with Crippen molar-refractivity contribution in [3.63, 3.8) is 0 Å². The number of unbranched alkanes of at least 4 members (excludes halogenated alkanes) is 1. The summed E-state index contributed by atoms with van der Waals surface area (Å²) in [7, 11) is 0. The molecule has 0 bridgehead atoms. The number of rotatable bonds is 9. The van der Waals surface area contributed by atoms with Gasteiger partial charge in [0.05, 0.1) is 16.5 Å². The zero-order chi connectivity index (χ0) is 22.2. The summed E-state index contributed by atoms with van der Waals surface area (Å²) in [6.45, 7) is 2.05. The Labute approximate surface area is 199 Å². The van der Waals surface area contributed by atoms with E-state index in [4.69, 9.17) is 23.2 Å². The van der Waals surface area contributed by atoms with Crippen molar-refractivity contribution < 1.29 is 9.59 Å². The Hall–Kier alpha value is -2.06. The molecular formula is C22H21Cl2N3O2S2. The molecule has 0 atom stereocenters. The molecule has 1 heterocycles. The number of amides is 2. The predicted molar refractivity (Wildman–Crippen MR) is 132 cm³/mol. The van der Waals surface area contributed by atoms with Crippen LogP contribution in [0, 0.1) is 0 Å². The van der Waals surface area contributed by atoms with Crippen LogP contribution in [0.3, 0.4) is 0 Å². The van der Waals surface area contributed by atoms with Gasteiger partial charge in [-0.2, -0.15) is 0 Å². The second-order valence-electron chi connectivity index (χ2n) is 6.68. The Balaban J connectivity index is 1.49. The summed E-state index contributed by atoms with van der Waals surface area (Å²) in [4.78, 5) is 29.4. The van der Waals surface area contributed by atoms with Crippen molar-refractivity contribution in [3.05, 3.63) is 57.9 Å². The third-order valence-electron chi connectivity index (χ3n) is 4.22. The molecule has 31 heavy (non-hydrogen) atoms. The van der Waals surface area contributed by atoms with Gasteiger partial charge in [0.25, 0.3) is 0 Å². The van der Waals surface area contributed by atoms with E-state index in [9.17, 15) is 9.59 Å². The first kappa shape index (κ1) is 23.6. The molecule has 0 spiro atoms. The Morgan fingerprint density at radius 1 is 1.06 bits per heavy atom. The zero-order valence-electron chi connectivity index (χ0n) is 16.8. The van der Waals surface area contributed by atoms with Crippen LogP contribution in [0.1, 0.15) is 26.2 Å². The molecule has 2 N–H and O–H groups in total. The van der Waals surface area contributed by atoms with E-state index in [-0.39, 0.29) is 17.6 Å². The SMILES string of the molecule is CCCCC(=O)Nc1ccc(SCC(=O)Nc2nc(-c3ccc(Cl)cc3Cl)cs2)cc1. The van der Waals surface area contributed by atoms with Crippen LogP contribution in [0.4, 0.5) is 10.8 Å². The normalized spacial score (nSPS) is 10.7. The number of thioether (sulfide) groups is 1. The van der Waals surface area contributed by atoms with Crippen LogP contribution in [0.2, 0.25) is 10.0 Å². The van der Waals surface area contributed by atoms with Crippen molar-refractivity contribution in [2.24, 2.45) is 0 Å². The van der Waals surface area contributed by atoms with Crippen LogP contribution in [-0.4, -0.2) is 22.6 Å². The molecule has 0 saturated carbocycles. The number of aromatic nitrogens is 1. The monoisotopic (exact) mass is 493 g/mol. The van der Waals surface area contributed by atoms with E-state index in [0.717, 1.165) is 29.0 Å². The van der Waals surface area contributed by atoms with Gasteiger partial charge >= 0.3 is 0 Å². The minimum atomic E-state index is -0.148.